The third-order valence-electron chi connectivity index (χ3n) is 3.25. The van der Waals surface area contributed by atoms with Gasteiger partial charge in [-0.25, -0.2) is 0 Å². The van der Waals surface area contributed by atoms with Gasteiger partial charge < -0.3 is 4.74 Å². The van der Waals surface area contributed by atoms with E-state index >= 15 is 0 Å². The highest BCUT2D eigenvalue weighted by Crippen LogP contribution is 2.40. The largest absolute Gasteiger partial charge is 0.483 e. The van der Waals surface area contributed by atoms with Gasteiger partial charge in [-0.1, -0.05) is 24.3 Å². The molecule has 1 aliphatic heterocycles. The first-order valence-corrected chi connectivity index (χ1v) is 5.35. The fraction of sp³-hybridized carbons (Fsp3) is 0.385. The maximum atomic E-state index is 6.09. The van der Waals surface area contributed by atoms with Gasteiger partial charge in [0.15, 0.2) is 0 Å². The van der Waals surface area contributed by atoms with Crippen molar-refractivity contribution in [2.45, 2.75) is 31.3 Å². The minimum Gasteiger partial charge on any atom is -0.483 e. The second-order valence-corrected chi connectivity index (χ2v) is 4.25. The number of ether oxygens (including phenoxy) is 1. The lowest BCUT2D eigenvalue weighted by atomic mass is 9.97. The van der Waals surface area contributed by atoms with E-state index in [2.05, 4.69) is 30.4 Å². The van der Waals surface area contributed by atoms with Crippen molar-refractivity contribution in [3.63, 3.8) is 0 Å². The Labute approximate surface area is 84.4 Å². The molecule has 1 heterocycles. The molecule has 1 aliphatic carbocycles. The van der Waals surface area contributed by atoms with Crippen molar-refractivity contribution in [3.05, 3.63) is 35.9 Å². The van der Waals surface area contributed by atoms with Gasteiger partial charge in [0.25, 0.3) is 0 Å². The first kappa shape index (κ1) is 8.10. The van der Waals surface area contributed by atoms with Gasteiger partial charge in [0.2, 0.25) is 0 Å². The summed E-state index contributed by atoms with van der Waals surface area (Å²) in [6, 6.07) is 8.27. The fourth-order valence-corrected chi connectivity index (χ4v) is 2.45. The van der Waals surface area contributed by atoms with E-state index in [0.29, 0.717) is 0 Å². The number of para-hydroxylation sites is 1. The predicted molar refractivity (Wildman–Crippen MR) is 57.3 cm³/mol. The summed E-state index contributed by atoms with van der Waals surface area (Å²) in [4.78, 5) is 0. The minimum atomic E-state index is 0.0361. The Hall–Kier alpha value is -1.24. The van der Waals surface area contributed by atoms with Crippen molar-refractivity contribution in [1.82, 2.24) is 0 Å². The zero-order chi connectivity index (χ0) is 9.43. The quantitative estimate of drug-likeness (QED) is 0.603. The standard InChI is InChI=1S/C13H14O/c1-2-6-12-11(5-1)7-10-13(14-12)8-3-4-9-13/h1-2,5-7,10H,3-4,8-9H2. The van der Waals surface area contributed by atoms with Crippen LogP contribution < -0.4 is 4.74 Å². The minimum absolute atomic E-state index is 0.0361. The molecule has 0 radical (unpaired) electrons. The molecule has 1 spiro atoms. The highest BCUT2D eigenvalue weighted by molar-refractivity contribution is 5.60. The van der Waals surface area contributed by atoms with Crippen molar-refractivity contribution in [1.29, 1.82) is 0 Å². The number of hydrogen-bond donors (Lipinski definition) is 0. The Morgan fingerprint density at radius 3 is 2.71 bits per heavy atom. The van der Waals surface area contributed by atoms with E-state index in [9.17, 15) is 0 Å². The third-order valence-corrected chi connectivity index (χ3v) is 3.25. The van der Waals surface area contributed by atoms with Crippen LogP contribution in [0.5, 0.6) is 5.75 Å². The molecule has 1 saturated carbocycles. The molecule has 3 rings (SSSR count). The van der Waals surface area contributed by atoms with Gasteiger partial charge in [-0.3, -0.25) is 0 Å². The van der Waals surface area contributed by atoms with Crippen LogP contribution in [0.4, 0.5) is 0 Å². The summed E-state index contributed by atoms with van der Waals surface area (Å²) >= 11 is 0. The Balaban J connectivity index is 2.00. The summed E-state index contributed by atoms with van der Waals surface area (Å²) < 4.78 is 6.09. The lowest BCUT2D eigenvalue weighted by Crippen LogP contribution is -2.31. The predicted octanol–water partition coefficient (Wildman–Crippen LogP) is 3.41. The second-order valence-electron chi connectivity index (χ2n) is 4.25. The zero-order valence-electron chi connectivity index (χ0n) is 8.20. The van der Waals surface area contributed by atoms with Gasteiger partial charge in [-0.05, 0) is 37.8 Å². The average Bonchev–Trinajstić information content (AvgIpc) is 2.66. The summed E-state index contributed by atoms with van der Waals surface area (Å²) in [5.41, 5.74) is 1.25. The first-order chi connectivity index (χ1) is 6.88. The van der Waals surface area contributed by atoms with Gasteiger partial charge in [0.05, 0.1) is 0 Å². The van der Waals surface area contributed by atoms with Crippen LogP contribution in [0.3, 0.4) is 0 Å². The fourth-order valence-electron chi connectivity index (χ4n) is 2.45. The monoisotopic (exact) mass is 186 g/mol. The van der Waals surface area contributed by atoms with E-state index in [0.717, 1.165) is 5.75 Å². The van der Waals surface area contributed by atoms with Crippen LogP contribution in [0.2, 0.25) is 0 Å². The van der Waals surface area contributed by atoms with Crippen molar-refractivity contribution in [3.8, 4) is 5.75 Å². The molecule has 14 heavy (non-hydrogen) atoms. The molecule has 0 aromatic heterocycles. The van der Waals surface area contributed by atoms with Crippen LogP contribution in [-0.2, 0) is 0 Å². The van der Waals surface area contributed by atoms with E-state index in [1.165, 1.54) is 31.2 Å². The van der Waals surface area contributed by atoms with Crippen molar-refractivity contribution in [2.24, 2.45) is 0 Å². The highest BCUT2D eigenvalue weighted by Gasteiger charge is 2.35. The number of rotatable bonds is 0. The molecule has 1 aromatic carbocycles. The maximum absolute atomic E-state index is 6.09. The van der Waals surface area contributed by atoms with E-state index in [4.69, 9.17) is 4.74 Å². The van der Waals surface area contributed by atoms with Crippen LogP contribution in [0.15, 0.2) is 30.3 Å². The summed E-state index contributed by atoms with van der Waals surface area (Å²) in [6.45, 7) is 0. The van der Waals surface area contributed by atoms with Crippen LogP contribution in [0.1, 0.15) is 31.2 Å². The van der Waals surface area contributed by atoms with Crippen LogP contribution in [-0.4, -0.2) is 5.60 Å². The molecule has 0 atom stereocenters. The van der Waals surface area contributed by atoms with E-state index in [-0.39, 0.29) is 5.60 Å². The Kier molecular flexibility index (Phi) is 1.66. The summed E-state index contributed by atoms with van der Waals surface area (Å²) in [5.74, 6) is 1.05. The molecule has 0 unspecified atom stereocenters. The molecule has 72 valence electrons. The molecule has 1 heteroatoms. The highest BCUT2D eigenvalue weighted by atomic mass is 16.5. The summed E-state index contributed by atoms with van der Waals surface area (Å²) in [5, 5.41) is 0. The van der Waals surface area contributed by atoms with Gasteiger partial charge in [-0.2, -0.15) is 0 Å². The lowest BCUT2D eigenvalue weighted by Gasteiger charge is -2.31. The number of fused-ring (bicyclic) bond motifs is 1. The van der Waals surface area contributed by atoms with Crippen LogP contribution >= 0.6 is 0 Å². The van der Waals surface area contributed by atoms with E-state index < -0.39 is 0 Å². The van der Waals surface area contributed by atoms with E-state index in [1.807, 2.05) is 6.07 Å². The molecular weight excluding hydrogens is 172 g/mol. The average molecular weight is 186 g/mol. The van der Waals surface area contributed by atoms with Gasteiger partial charge in [0, 0.05) is 5.56 Å². The Bertz CT molecular complexity index is 373. The van der Waals surface area contributed by atoms with Crippen molar-refractivity contribution >= 4 is 6.08 Å². The van der Waals surface area contributed by atoms with Crippen LogP contribution in [0.25, 0.3) is 6.08 Å². The topological polar surface area (TPSA) is 9.23 Å². The summed E-state index contributed by atoms with van der Waals surface area (Å²) in [6.07, 6.45) is 9.42. The SMILES string of the molecule is C1=CC2(CCCC2)Oc2ccccc21. The summed E-state index contributed by atoms with van der Waals surface area (Å²) in [7, 11) is 0. The van der Waals surface area contributed by atoms with Gasteiger partial charge in [-0.15, -0.1) is 0 Å². The smallest absolute Gasteiger partial charge is 0.127 e. The molecule has 0 N–H and O–H groups in total. The first-order valence-electron chi connectivity index (χ1n) is 5.35. The molecule has 1 aromatic rings. The molecule has 1 fully saturated rings. The number of hydrogen-bond acceptors (Lipinski definition) is 1. The second kappa shape index (κ2) is 2.88. The molecule has 0 amide bonds. The molecule has 1 nitrogen and oxygen atoms in total. The molecular formula is C13H14O. The van der Waals surface area contributed by atoms with Crippen molar-refractivity contribution < 1.29 is 4.74 Å². The van der Waals surface area contributed by atoms with Crippen LogP contribution in [0, 0.1) is 0 Å². The lowest BCUT2D eigenvalue weighted by molar-refractivity contribution is 0.125. The van der Waals surface area contributed by atoms with Crippen molar-refractivity contribution in [2.75, 3.05) is 0 Å². The Morgan fingerprint density at radius 1 is 1.07 bits per heavy atom. The normalized spacial score (nSPS) is 22.0. The molecule has 2 aliphatic rings. The van der Waals surface area contributed by atoms with Gasteiger partial charge in [0.1, 0.15) is 11.4 Å². The maximum Gasteiger partial charge on any atom is 0.127 e. The Morgan fingerprint density at radius 2 is 1.86 bits per heavy atom. The van der Waals surface area contributed by atoms with E-state index in [1.54, 1.807) is 0 Å². The third kappa shape index (κ3) is 1.16. The molecule has 0 bridgehead atoms. The zero-order valence-corrected chi connectivity index (χ0v) is 8.20. The number of benzene rings is 1. The van der Waals surface area contributed by atoms with Gasteiger partial charge >= 0.3 is 0 Å². The molecule has 0 saturated heterocycles.